The second kappa shape index (κ2) is 8.81. The van der Waals surface area contributed by atoms with Crippen LogP contribution in [0.1, 0.15) is 16.7 Å². The zero-order chi connectivity index (χ0) is 21.8. The topological polar surface area (TPSA) is 91.0 Å². The largest absolute Gasteiger partial charge is 0.488 e. The van der Waals surface area contributed by atoms with Crippen molar-refractivity contribution in [3.63, 3.8) is 0 Å². The first-order valence-electron chi connectivity index (χ1n) is 9.24. The number of benzene rings is 3. The molecular weight excluding hydrogens is 420 g/mol. The first-order chi connectivity index (χ1) is 15.0. The van der Waals surface area contributed by atoms with Crippen LogP contribution in [0.15, 0.2) is 83.5 Å². The van der Waals surface area contributed by atoms with Crippen molar-refractivity contribution in [1.29, 1.82) is 0 Å². The summed E-state index contributed by atoms with van der Waals surface area (Å²) in [5.74, 6) is -0.110. The van der Waals surface area contributed by atoms with E-state index in [1.807, 2.05) is 42.5 Å². The second-order valence-corrected chi connectivity index (χ2v) is 6.98. The summed E-state index contributed by atoms with van der Waals surface area (Å²) in [7, 11) is 0. The predicted molar refractivity (Wildman–Crippen MR) is 116 cm³/mol. The SMILES string of the molecule is O=C1OC(c2ccc(Cl)c([N+](=O)[O-])c2)=N/C1=C\c1ccccc1OCc1ccccc1. The summed E-state index contributed by atoms with van der Waals surface area (Å²) < 4.78 is 11.1. The molecule has 3 aromatic rings. The second-order valence-electron chi connectivity index (χ2n) is 6.57. The van der Waals surface area contributed by atoms with Crippen molar-refractivity contribution < 1.29 is 19.2 Å². The van der Waals surface area contributed by atoms with E-state index in [1.165, 1.54) is 18.2 Å². The first kappa shape index (κ1) is 20.3. The molecule has 0 saturated carbocycles. The fourth-order valence-electron chi connectivity index (χ4n) is 2.93. The Hall–Kier alpha value is -3.97. The standard InChI is InChI=1S/C23H15ClN2O5/c24-18-11-10-17(13-20(18)26(28)29)22-25-19(23(27)31-22)12-16-8-4-5-9-21(16)30-14-15-6-2-1-3-7-15/h1-13H,14H2/b19-12-. The number of cyclic esters (lactones) is 1. The Labute approximate surface area is 182 Å². The van der Waals surface area contributed by atoms with E-state index in [2.05, 4.69) is 4.99 Å². The van der Waals surface area contributed by atoms with Crippen LogP contribution in [0.5, 0.6) is 5.75 Å². The minimum atomic E-state index is -0.662. The molecule has 0 fully saturated rings. The number of ether oxygens (including phenoxy) is 2. The molecule has 0 unspecified atom stereocenters. The van der Waals surface area contributed by atoms with Crippen LogP contribution in [0.25, 0.3) is 6.08 Å². The van der Waals surface area contributed by atoms with Gasteiger partial charge in [0.1, 0.15) is 17.4 Å². The number of nitro groups is 1. The maximum Gasteiger partial charge on any atom is 0.363 e. The van der Waals surface area contributed by atoms with Crippen LogP contribution in [0, 0.1) is 10.1 Å². The molecule has 7 nitrogen and oxygen atoms in total. The first-order valence-corrected chi connectivity index (χ1v) is 9.62. The number of nitrogens with zero attached hydrogens (tertiary/aromatic N) is 2. The normalized spacial score (nSPS) is 14.3. The van der Waals surface area contributed by atoms with Crippen molar-refractivity contribution >= 4 is 35.2 Å². The van der Waals surface area contributed by atoms with E-state index in [1.54, 1.807) is 18.2 Å². The molecule has 1 heterocycles. The fraction of sp³-hybridized carbons (Fsp3) is 0.0435. The highest BCUT2D eigenvalue weighted by molar-refractivity contribution is 6.32. The average Bonchev–Trinajstić information content (AvgIpc) is 3.14. The van der Waals surface area contributed by atoms with E-state index in [9.17, 15) is 14.9 Å². The summed E-state index contributed by atoms with van der Waals surface area (Å²) >= 11 is 5.84. The van der Waals surface area contributed by atoms with Crippen molar-refractivity contribution in [1.82, 2.24) is 0 Å². The number of carbonyl (C=O) groups is 1. The maximum atomic E-state index is 12.3. The third-order valence-corrected chi connectivity index (χ3v) is 4.78. The van der Waals surface area contributed by atoms with Crippen molar-refractivity contribution in [2.24, 2.45) is 4.99 Å². The van der Waals surface area contributed by atoms with E-state index in [0.29, 0.717) is 17.9 Å². The molecule has 0 aliphatic carbocycles. The molecule has 8 heteroatoms. The average molecular weight is 435 g/mol. The number of hydrogen-bond acceptors (Lipinski definition) is 6. The minimum absolute atomic E-state index is 0.0149. The van der Waals surface area contributed by atoms with Gasteiger partial charge in [0.25, 0.3) is 5.69 Å². The molecule has 3 aromatic carbocycles. The molecule has 1 aliphatic rings. The zero-order valence-electron chi connectivity index (χ0n) is 16.0. The van der Waals surface area contributed by atoms with Gasteiger partial charge in [-0.2, -0.15) is 0 Å². The Kier molecular flexibility index (Phi) is 5.77. The number of carbonyl (C=O) groups excluding carboxylic acids is 1. The Bertz CT molecular complexity index is 1220. The van der Waals surface area contributed by atoms with Gasteiger partial charge in [-0.15, -0.1) is 0 Å². The van der Waals surface area contributed by atoms with E-state index < -0.39 is 10.9 Å². The molecule has 4 rings (SSSR count). The minimum Gasteiger partial charge on any atom is -0.488 e. The van der Waals surface area contributed by atoms with Gasteiger partial charge in [0.05, 0.1) is 4.92 Å². The van der Waals surface area contributed by atoms with E-state index >= 15 is 0 Å². The molecule has 1 aliphatic heterocycles. The highest BCUT2D eigenvalue weighted by atomic mass is 35.5. The van der Waals surface area contributed by atoms with Crippen LogP contribution >= 0.6 is 11.6 Å². The lowest BCUT2D eigenvalue weighted by molar-refractivity contribution is -0.384. The van der Waals surface area contributed by atoms with Crippen LogP contribution in [0.3, 0.4) is 0 Å². The molecule has 0 N–H and O–H groups in total. The summed E-state index contributed by atoms with van der Waals surface area (Å²) in [6.45, 7) is 0.369. The molecular formula is C23H15ClN2O5. The summed E-state index contributed by atoms with van der Waals surface area (Å²) in [5.41, 5.74) is 1.70. The molecule has 0 radical (unpaired) electrons. The Morgan fingerprint density at radius 3 is 2.58 bits per heavy atom. The molecule has 31 heavy (non-hydrogen) atoms. The van der Waals surface area contributed by atoms with Crippen LogP contribution in [0.2, 0.25) is 5.02 Å². The van der Waals surface area contributed by atoms with Crippen molar-refractivity contribution in [2.45, 2.75) is 6.61 Å². The van der Waals surface area contributed by atoms with Crippen molar-refractivity contribution in [3.05, 3.63) is 110 Å². The molecule has 0 atom stereocenters. The molecule has 0 saturated heterocycles. The predicted octanol–water partition coefficient (Wildman–Crippen LogP) is 5.17. The van der Waals surface area contributed by atoms with Crippen molar-refractivity contribution in [3.8, 4) is 5.75 Å². The number of rotatable bonds is 6. The van der Waals surface area contributed by atoms with Crippen LogP contribution in [0.4, 0.5) is 5.69 Å². The number of hydrogen-bond donors (Lipinski definition) is 0. The number of esters is 1. The van der Waals surface area contributed by atoms with E-state index in [4.69, 9.17) is 21.1 Å². The lowest BCUT2D eigenvalue weighted by Crippen LogP contribution is -2.06. The van der Waals surface area contributed by atoms with Gasteiger partial charge in [0, 0.05) is 17.2 Å². The highest BCUT2D eigenvalue weighted by Gasteiger charge is 2.26. The Balaban J connectivity index is 1.61. The van der Waals surface area contributed by atoms with Gasteiger partial charge < -0.3 is 9.47 Å². The summed E-state index contributed by atoms with van der Waals surface area (Å²) in [6.07, 6.45) is 1.56. The summed E-state index contributed by atoms with van der Waals surface area (Å²) in [4.78, 5) is 27.0. The third kappa shape index (κ3) is 4.62. The van der Waals surface area contributed by atoms with Crippen LogP contribution in [-0.2, 0) is 16.1 Å². The third-order valence-electron chi connectivity index (χ3n) is 4.46. The van der Waals surface area contributed by atoms with Crippen LogP contribution < -0.4 is 4.74 Å². The number of para-hydroxylation sites is 1. The quantitative estimate of drug-likeness (QED) is 0.231. The van der Waals surface area contributed by atoms with E-state index in [-0.39, 0.29) is 27.9 Å². The van der Waals surface area contributed by atoms with Crippen LogP contribution in [-0.4, -0.2) is 16.8 Å². The monoisotopic (exact) mass is 434 g/mol. The lowest BCUT2D eigenvalue weighted by Gasteiger charge is -2.09. The van der Waals surface area contributed by atoms with Gasteiger partial charge in [-0.25, -0.2) is 9.79 Å². The van der Waals surface area contributed by atoms with Gasteiger partial charge in [-0.05, 0) is 29.8 Å². The van der Waals surface area contributed by atoms with Gasteiger partial charge >= 0.3 is 5.97 Å². The molecule has 0 amide bonds. The highest BCUT2D eigenvalue weighted by Crippen LogP contribution is 2.29. The molecule has 154 valence electrons. The maximum absolute atomic E-state index is 12.3. The van der Waals surface area contributed by atoms with Gasteiger partial charge in [-0.1, -0.05) is 60.1 Å². The summed E-state index contributed by atoms with van der Waals surface area (Å²) in [5, 5.41) is 11.1. The van der Waals surface area contributed by atoms with E-state index in [0.717, 1.165) is 5.56 Å². The number of aliphatic imine (C=N–C) groups is 1. The number of halogens is 1. The molecule has 0 spiro atoms. The lowest BCUT2D eigenvalue weighted by atomic mass is 10.1. The van der Waals surface area contributed by atoms with Gasteiger partial charge in [-0.3, -0.25) is 10.1 Å². The Morgan fingerprint density at radius 1 is 1.06 bits per heavy atom. The smallest absolute Gasteiger partial charge is 0.363 e. The summed E-state index contributed by atoms with van der Waals surface area (Å²) in [6, 6.07) is 21.0. The zero-order valence-corrected chi connectivity index (χ0v) is 16.8. The molecule has 0 aromatic heterocycles. The Morgan fingerprint density at radius 2 is 1.81 bits per heavy atom. The molecule has 0 bridgehead atoms. The fourth-order valence-corrected chi connectivity index (χ4v) is 3.12. The van der Waals surface area contributed by atoms with Crippen molar-refractivity contribution in [2.75, 3.05) is 0 Å². The van der Waals surface area contributed by atoms with Gasteiger partial charge in [0.15, 0.2) is 5.70 Å². The number of nitro benzene ring substituents is 1. The van der Waals surface area contributed by atoms with Gasteiger partial charge in [0.2, 0.25) is 5.90 Å².